The molecule has 21 heavy (non-hydrogen) atoms. The minimum atomic E-state index is 0.431. The number of hydrogen-bond acceptors (Lipinski definition) is 5. The van der Waals surface area contributed by atoms with E-state index in [1.54, 1.807) is 0 Å². The van der Waals surface area contributed by atoms with Gasteiger partial charge in [0.05, 0.1) is 26.4 Å². The highest BCUT2D eigenvalue weighted by Gasteiger charge is 2.16. The molecular weight excluding hydrogens is 272 g/mol. The molecule has 0 aliphatic rings. The van der Waals surface area contributed by atoms with Gasteiger partial charge in [0.2, 0.25) is 0 Å². The summed E-state index contributed by atoms with van der Waals surface area (Å²) in [7, 11) is 0. The monoisotopic (exact) mass is 302 g/mol. The van der Waals surface area contributed by atoms with Crippen LogP contribution < -0.4 is 0 Å². The zero-order valence-corrected chi connectivity index (χ0v) is 14.3. The molecule has 0 unspecified atom stereocenters. The predicted octanol–water partition coefficient (Wildman–Crippen LogP) is 4.31. The van der Waals surface area contributed by atoms with Crippen LogP contribution in [-0.2, 0) is 23.7 Å². The number of ether oxygens (including phenoxy) is 5. The number of rotatable bonds is 12. The zero-order valence-electron chi connectivity index (χ0n) is 14.3. The van der Waals surface area contributed by atoms with E-state index in [2.05, 4.69) is 0 Å². The molecular formula is C16H30O5. The van der Waals surface area contributed by atoms with Gasteiger partial charge in [-0.1, -0.05) is 13.8 Å². The van der Waals surface area contributed by atoms with Crippen molar-refractivity contribution in [3.05, 3.63) is 23.4 Å². The Morgan fingerprint density at radius 1 is 0.524 bits per heavy atom. The molecule has 0 saturated heterocycles. The third-order valence-electron chi connectivity index (χ3n) is 2.45. The summed E-state index contributed by atoms with van der Waals surface area (Å²) in [4.78, 5) is 0. The molecule has 0 aromatic heterocycles. The van der Waals surface area contributed by atoms with E-state index in [4.69, 9.17) is 23.7 Å². The molecule has 0 rings (SSSR count). The topological polar surface area (TPSA) is 46.2 Å². The van der Waals surface area contributed by atoms with Gasteiger partial charge in [0.15, 0.2) is 11.5 Å². The lowest BCUT2D eigenvalue weighted by atomic mass is 10.3. The number of hydrogen-bond donors (Lipinski definition) is 0. The van der Waals surface area contributed by atoms with Crippen LogP contribution in [0, 0.1) is 0 Å². The van der Waals surface area contributed by atoms with Gasteiger partial charge in [-0.15, -0.1) is 0 Å². The highest BCUT2D eigenvalue weighted by atomic mass is 16.7. The summed E-state index contributed by atoms with van der Waals surface area (Å²) in [5.41, 5.74) is 0. The second-order valence-electron chi connectivity index (χ2n) is 3.96. The predicted molar refractivity (Wildman–Crippen MR) is 82.2 cm³/mol. The number of allylic oxidation sites excluding steroid dienone is 2. The summed E-state index contributed by atoms with van der Waals surface area (Å²) in [5.74, 6) is 2.15. The van der Waals surface area contributed by atoms with E-state index in [0.717, 1.165) is 0 Å². The van der Waals surface area contributed by atoms with Crippen LogP contribution >= 0.6 is 0 Å². The second kappa shape index (κ2) is 12.2. The van der Waals surface area contributed by atoms with Crippen molar-refractivity contribution < 1.29 is 23.7 Å². The molecule has 0 atom stereocenters. The van der Waals surface area contributed by atoms with Crippen LogP contribution in [0.5, 0.6) is 0 Å². The largest absolute Gasteiger partial charge is 0.463 e. The first-order valence-electron chi connectivity index (χ1n) is 7.83. The fourth-order valence-electron chi connectivity index (χ4n) is 1.59. The van der Waals surface area contributed by atoms with Crippen LogP contribution in [0.15, 0.2) is 23.4 Å². The summed E-state index contributed by atoms with van der Waals surface area (Å²) in [6.07, 6.45) is 1.31. The highest BCUT2D eigenvalue weighted by Crippen LogP contribution is 2.22. The normalized spacial score (nSPS) is 9.62. The molecule has 0 heterocycles. The van der Waals surface area contributed by atoms with Gasteiger partial charge in [0.25, 0.3) is 0 Å². The molecule has 0 saturated carbocycles. The maximum Gasteiger partial charge on any atom is 0.319 e. The first-order chi connectivity index (χ1) is 10.2. The van der Waals surface area contributed by atoms with Crippen molar-refractivity contribution in [2.24, 2.45) is 0 Å². The van der Waals surface area contributed by atoms with Crippen molar-refractivity contribution in [1.82, 2.24) is 0 Å². The van der Waals surface area contributed by atoms with Crippen molar-refractivity contribution in [2.75, 3.05) is 26.4 Å². The molecule has 0 spiro atoms. The maximum atomic E-state index is 5.94. The van der Waals surface area contributed by atoms with Gasteiger partial charge in [-0.25, -0.2) is 0 Å². The van der Waals surface area contributed by atoms with Crippen LogP contribution in [0.1, 0.15) is 54.4 Å². The molecule has 5 heteroatoms. The third-order valence-corrected chi connectivity index (χ3v) is 2.45. The Morgan fingerprint density at radius 2 is 0.810 bits per heavy atom. The Balaban J connectivity index is 5.34. The Morgan fingerprint density at radius 3 is 1.00 bits per heavy atom. The van der Waals surface area contributed by atoms with Crippen LogP contribution in [0.3, 0.4) is 0 Å². The van der Waals surface area contributed by atoms with Gasteiger partial charge in [-0.2, -0.15) is 0 Å². The van der Waals surface area contributed by atoms with E-state index >= 15 is 0 Å². The van der Waals surface area contributed by atoms with Crippen molar-refractivity contribution >= 4 is 0 Å². The minimum absolute atomic E-state index is 0.431. The second-order valence-corrected chi connectivity index (χ2v) is 3.96. The summed E-state index contributed by atoms with van der Waals surface area (Å²) < 4.78 is 28.0. The summed E-state index contributed by atoms with van der Waals surface area (Å²) >= 11 is 0. The first kappa shape index (κ1) is 19.5. The Kier molecular flexibility index (Phi) is 11.4. The molecule has 0 N–H and O–H groups in total. The summed E-state index contributed by atoms with van der Waals surface area (Å²) in [6, 6.07) is 0. The third kappa shape index (κ3) is 7.16. The maximum absolute atomic E-state index is 5.94. The van der Waals surface area contributed by atoms with E-state index < -0.39 is 0 Å². The molecule has 5 nitrogen and oxygen atoms in total. The zero-order chi connectivity index (χ0) is 16.1. The molecule has 0 aliphatic heterocycles. The average Bonchev–Trinajstić information content (AvgIpc) is 2.48. The van der Waals surface area contributed by atoms with E-state index in [1.807, 2.05) is 41.5 Å². The van der Waals surface area contributed by atoms with Crippen molar-refractivity contribution in [3.63, 3.8) is 0 Å². The van der Waals surface area contributed by atoms with Gasteiger partial charge in [0.1, 0.15) is 0 Å². The molecule has 0 aliphatic carbocycles. The summed E-state index contributed by atoms with van der Waals surface area (Å²) in [5, 5.41) is 0. The molecule has 0 fully saturated rings. The van der Waals surface area contributed by atoms with Crippen molar-refractivity contribution in [1.29, 1.82) is 0 Å². The molecule has 0 amide bonds. The van der Waals surface area contributed by atoms with Crippen LogP contribution in [0.4, 0.5) is 0 Å². The Hall–Kier alpha value is -1.52. The van der Waals surface area contributed by atoms with E-state index in [0.29, 0.717) is 62.7 Å². The highest BCUT2D eigenvalue weighted by molar-refractivity contribution is 5.04. The van der Waals surface area contributed by atoms with Gasteiger partial charge in [0, 0.05) is 12.8 Å². The SMILES string of the molecule is CCOC(OCC)=C(CC)OC(CC)=C(OCC)OCC. The molecule has 0 radical (unpaired) electrons. The Labute approximate surface area is 128 Å². The van der Waals surface area contributed by atoms with Gasteiger partial charge in [-0.05, 0) is 27.7 Å². The van der Waals surface area contributed by atoms with Crippen LogP contribution in [0.2, 0.25) is 0 Å². The van der Waals surface area contributed by atoms with Gasteiger partial charge < -0.3 is 23.7 Å². The molecule has 124 valence electrons. The average molecular weight is 302 g/mol. The lowest BCUT2D eigenvalue weighted by Gasteiger charge is -2.18. The van der Waals surface area contributed by atoms with Crippen LogP contribution in [0.25, 0.3) is 0 Å². The smallest absolute Gasteiger partial charge is 0.319 e. The van der Waals surface area contributed by atoms with E-state index in [1.165, 1.54) is 0 Å². The standard InChI is InChI=1S/C16H30O5/c1-7-13(15(17-9-3)18-10-4)21-14(8-2)16(19-11-5)20-12-6/h7-12H2,1-6H3. The van der Waals surface area contributed by atoms with Crippen molar-refractivity contribution in [3.8, 4) is 0 Å². The van der Waals surface area contributed by atoms with Gasteiger partial charge >= 0.3 is 11.9 Å². The lowest BCUT2D eigenvalue weighted by molar-refractivity contribution is 0.00948. The minimum Gasteiger partial charge on any atom is -0.463 e. The van der Waals surface area contributed by atoms with Crippen molar-refractivity contribution in [2.45, 2.75) is 54.4 Å². The molecule has 0 bridgehead atoms. The lowest BCUT2D eigenvalue weighted by Crippen LogP contribution is -2.08. The molecule has 0 aromatic carbocycles. The van der Waals surface area contributed by atoms with Gasteiger partial charge in [-0.3, -0.25) is 0 Å². The quantitative estimate of drug-likeness (QED) is 0.503. The van der Waals surface area contributed by atoms with E-state index in [9.17, 15) is 0 Å². The van der Waals surface area contributed by atoms with E-state index in [-0.39, 0.29) is 0 Å². The molecule has 0 aromatic rings. The fraction of sp³-hybridized carbons (Fsp3) is 0.750. The summed E-state index contributed by atoms with van der Waals surface area (Å²) in [6.45, 7) is 13.7. The Bertz CT molecular complexity index is 286. The fourth-order valence-corrected chi connectivity index (χ4v) is 1.59. The van der Waals surface area contributed by atoms with Crippen LogP contribution in [-0.4, -0.2) is 26.4 Å². The first-order valence-corrected chi connectivity index (χ1v) is 7.83.